The lowest BCUT2D eigenvalue weighted by molar-refractivity contribution is 0.0767. The molecule has 3 rings (SSSR count). The van der Waals surface area contributed by atoms with Crippen LogP contribution in [-0.4, -0.2) is 23.1 Å². The van der Waals surface area contributed by atoms with Crippen molar-refractivity contribution in [2.24, 2.45) is 0 Å². The van der Waals surface area contributed by atoms with Gasteiger partial charge in [-0.2, -0.15) is 0 Å². The molecule has 0 saturated carbocycles. The summed E-state index contributed by atoms with van der Waals surface area (Å²) >= 11 is 0. The van der Waals surface area contributed by atoms with Crippen LogP contribution in [0.5, 0.6) is 0 Å². The molecule has 88 valence electrons. The number of aromatic nitrogens is 2. The zero-order chi connectivity index (χ0) is 11.7. The number of rotatable bonds is 1. The summed E-state index contributed by atoms with van der Waals surface area (Å²) in [4.78, 5) is 14.1. The van der Waals surface area contributed by atoms with Gasteiger partial charge in [0.1, 0.15) is 6.33 Å². The molecule has 1 fully saturated rings. The van der Waals surface area contributed by atoms with E-state index < -0.39 is 0 Å². The first kappa shape index (κ1) is 10.3. The van der Waals surface area contributed by atoms with Gasteiger partial charge in [-0.05, 0) is 31.0 Å². The smallest absolute Gasteiger partial charge is 0.163 e. The van der Waals surface area contributed by atoms with Crippen LogP contribution >= 0.6 is 0 Å². The Kier molecular flexibility index (Phi) is 2.53. The Labute approximate surface area is 99.2 Å². The Morgan fingerprint density at radius 1 is 1.24 bits per heavy atom. The molecule has 0 radical (unpaired) electrons. The number of hydroxylamine groups is 1. The average Bonchev–Trinajstić information content (AvgIpc) is 2.39. The molecule has 1 aromatic carbocycles. The van der Waals surface area contributed by atoms with Crippen molar-refractivity contribution in [1.29, 1.82) is 0 Å². The first-order chi connectivity index (χ1) is 8.34. The average molecular weight is 230 g/mol. The molecule has 0 spiro atoms. The maximum atomic E-state index is 5.81. The minimum absolute atomic E-state index is 0.713. The number of anilines is 2. The van der Waals surface area contributed by atoms with E-state index in [1.165, 1.54) is 0 Å². The molecule has 1 aliphatic rings. The number of hydrogen-bond donors (Lipinski definition) is 1. The summed E-state index contributed by atoms with van der Waals surface area (Å²) in [5.41, 5.74) is 7.41. The third kappa shape index (κ3) is 1.89. The molecule has 1 aliphatic heterocycles. The third-order valence-electron chi connectivity index (χ3n) is 2.88. The van der Waals surface area contributed by atoms with Gasteiger partial charge in [0.05, 0.1) is 12.1 Å². The molecular formula is C12H14N4O. The third-order valence-corrected chi connectivity index (χ3v) is 2.88. The highest BCUT2D eigenvalue weighted by Gasteiger charge is 2.16. The molecule has 1 aromatic heterocycles. The van der Waals surface area contributed by atoms with Gasteiger partial charge in [0.2, 0.25) is 0 Å². The molecule has 2 N–H and O–H groups in total. The van der Waals surface area contributed by atoms with Crippen molar-refractivity contribution in [2.45, 2.75) is 12.8 Å². The highest BCUT2D eigenvalue weighted by atomic mass is 16.7. The van der Waals surface area contributed by atoms with Crippen LogP contribution in [0.4, 0.5) is 11.5 Å². The van der Waals surface area contributed by atoms with Gasteiger partial charge in [-0.1, -0.05) is 0 Å². The van der Waals surface area contributed by atoms with Gasteiger partial charge in [-0.25, -0.2) is 15.0 Å². The Bertz CT molecular complexity index is 537. The Morgan fingerprint density at radius 3 is 3.00 bits per heavy atom. The van der Waals surface area contributed by atoms with Crippen LogP contribution < -0.4 is 10.8 Å². The van der Waals surface area contributed by atoms with Gasteiger partial charge in [0, 0.05) is 17.6 Å². The fraction of sp³-hybridized carbons (Fsp3) is 0.333. The van der Waals surface area contributed by atoms with Crippen molar-refractivity contribution >= 4 is 22.4 Å². The zero-order valence-corrected chi connectivity index (χ0v) is 9.47. The van der Waals surface area contributed by atoms with Crippen LogP contribution in [0.1, 0.15) is 12.8 Å². The van der Waals surface area contributed by atoms with E-state index in [4.69, 9.17) is 10.6 Å². The Morgan fingerprint density at radius 2 is 2.18 bits per heavy atom. The topological polar surface area (TPSA) is 64.3 Å². The minimum atomic E-state index is 0.713. The number of nitrogens with two attached hydrogens (primary N) is 1. The van der Waals surface area contributed by atoms with E-state index in [0.717, 1.165) is 42.7 Å². The predicted molar refractivity (Wildman–Crippen MR) is 66.5 cm³/mol. The number of benzene rings is 1. The number of fused-ring (bicyclic) bond motifs is 1. The number of nitrogen functional groups attached to an aromatic ring is 1. The van der Waals surface area contributed by atoms with Gasteiger partial charge in [0.15, 0.2) is 5.82 Å². The standard InChI is InChI=1S/C12H14N4O/c13-9-3-4-11-10(7-9)12(15-8-14-11)16-5-1-2-6-17-16/h3-4,7-8H,1-2,5-6,13H2. The second-order valence-electron chi connectivity index (χ2n) is 4.12. The van der Waals surface area contributed by atoms with Crippen LogP contribution in [0, 0.1) is 0 Å². The first-order valence-electron chi connectivity index (χ1n) is 5.75. The number of hydrogen-bond acceptors (Lipinski definition) is 5. The largest absolute Gasteiger partial charge is 0.399 e. The highest BCUT2D eigenvalue weighted by molar-refractivity contribution is 5.91. The summed E-state index contributed by atoms with van der Waals surface area (Å²) in [6, 6.07) is 5.64. The summed E-state index contributed by atoms with van der Waals surface area (Å²) in [5.74, 6) is 0.807. The van der Waals surface area contributed by atoms with Crippen molar-refractivity contribution in [1.82, 2.24) is 9.97 Å². The van der Waals surface area contributed by atoms with Crippen molar-refractivity contribution in [3.63, 3.8) is 0 Å². The summed E-state index contributed by atoms with van der Waals surface area (Å²) in [6.07, 6.45) is 3.78. The first-order valence-corrected chi connectivity index (χ1v) is 5.75. The van der Waals surface area contributed by atoms with Crippen molar-refractivity contribution in [3.8, 4) is 0 Å². The fourth-order valence-electron chi connectivity index (χ4n) is 2.02. The van der Waals surface area contributed by atoms with Gasteiger partial charge in [-0.3, -0.25) is 4.84 Å². The van der Waals surface area contributed by atoms with Crippen molar-refractivity contribution in [3.05, 3.63) is 24.5 Å². The molecule has 17 heavy (non-hydrogen) atoms. The van der Waals surface area contributed by atoms with E-state index in [9.17, 15) is 0 Å². The van der Waals surface area contributed by atoms with Gasteiger partial charge in [-0.15, -0.1) is 0 Å². The lowest BCUT2D eigenvalue weighted by atomic mass is 10.2. The highest BCUT2D eigenvalue weighted by Crippen LogP contribution is 2.26. The molecule has 2 heterocycles. The summed E-state index contributed by atoms with van der Waals surface area (Å²) in [7, 11) is 0. The molecule has 1 saturated heterocycles. The molecule has 0 unspecified atom stereocenters. The van der Waals surface area contributed by atoms with Crippen LogP contribution in [0.15, 0.2) is 24.5 Å². The maximum absolute atomic E-state index is 5.81. The predicted octanol–water partition coefficient (Wildman–Crippen LogP) is 1.74. The second-order valence-corrected chi connectivity index (χ2v) is 4.12. The van der Waals surface area contributed by atoms with Crippen LogP contribution in [0.25, 0.3) is 10.9 Å². The SMILES string of the molecule is Nc1ccc2ncnc(N3CCCCO3)c2c1. The molecule has 0 aliphatic carbocycles. The van der Waals surface area contributed by atoms with E-state index in [2.05, 4.69) is 9.97 Å². The Hall–Kier alpha value is -1.88. The van der Waals surface area contributed by atoms with Crippen LogP contribution in [0.3, 0.4) is 0 Å². The van der Waals surface area contributed by atoms with Crippen molar-refractivity contribution < 1.29 is 4.84 Å². The normalized spacial score (nSPS) is 16.4. The van der Waals surface area contributed by atoms with Gasteiger partial charge < -0.3 is 5.73 Å². The quantitative estimate of drug-likeness (QED) is 0.756. The summed E-state index contributed by atoms with van der Waals surface area (Å²) in [5, 5.41) is 2.78. The zero-order valence-electron chi connectivity index (χ0n) is 9.47. The van der Waals surface area contributed by atoms with Crippen LogP contribution in [0.2, 0.25) is 0 Å². The molecule has 2 aromatic rings. The molecule has 5 nitrogen and oxygen atoms in total. The molecule has 0 atom stereocenters. The van der Waals surface area contributed by atoms with E-state index in [-0.39, 0.29) is 0 Å². The Balaban J connectivity index is 2.11. The monoisotopic (exact) mass is 230 g/mol. The van der Waals surface area contributed by atoms with E-state index in [1.807, 2.05) is 23.3 Å². The van der Waals surface area contributed by atoms with Crippen molar-refractivity contribution in [2.75, 3.05) is 23.9 Å². The molecule has 0 bridgehead atoms. The molecule has 5 heteroatoms. The summed E-state index contributed by atoms with van der Waals surface area (Å²) < 4.78 is 0. The maximum Gasteiger partial charge on any atom is 0.163 e. The van der Waals surface area contributed by atoms with E-state index in [1.54, 1.807) is 6.33 Å². The van der Waals surface area contributed by atoms with Crippen LogP contribution in [-0.2, 0) is 4.84 Å². The van der Waals surface area contributed by atoms with E-state index in [0.29, 0.717) is 5.69 Å². The fourth-order valence-corrected chi connectivity index (χ4v) is 2.02. The minimum Gasteiger partial charge on any atom is -0.399 e. The lowest BCUT2D eigenvalue weighted by Gasteiger charge is -2.27. The number of nitrogens with zero attached hydrogens (tertiary/aromatic N) is 3. The lowest BCUT2D eigenvalue weighted by Crippen LogP contribution is -2.30. The van der Waals surface area contributed by atoms with Gasteiger partial charge >= 0.3 is 0 Å². The van der Waals surface area contributed by atoms with E-state index >= 15 is 0 Å². The second kappa shape index (κ2) is 4.18. The molecular weight excluding hydrogens is 216 g/mol. The molecule has 0 amide bonds. The van der Waals surface area contributed by atoms with Gasteiger partial charge in [0.25, 0.3) is 0 Å². The summed E-state index contributed by atoms with van der Waals surface area (Å²) in [6.45, 7) is 1.61.